The lowest BCUT2D eigenvalue weighted by molar-refractivity contribution is 0.648. The van der Waals surface area contributed by atoms with Crippen LogP contribution in [-0.2, 0) is 0 Å². The number of nitrogens with zero attached hydrogens (tertiary/aromatic N) is 2. The molecule has 118 valence electrons. The predicted molar refractivity (Wildman–Crippen MR) is 111 cm³/mol. The van der Waals surface area contributed by atoms with E-state index in [1.54, 1.807) is 21.6 Å². The van der Waals surface area contributed by atoms with Gasteiger partial charge in [-0.1, -0.05) is 58.9 Å². The smallest absolute Gasteiger partial charge is 0.146 e. The van der Waals surface area contributed by atoms with Crippen molar-refractivity contribution in [2.45, 2.75) is 25.7 Å². The lowest BCUT2D eigenvalue weighted by Crippen LogP contribution is -2.15. The van der Waals surface area contributed by atoms with E-state index in [4.69, 9.17) is 24.4 Å². The van der Waals surface area contributed by atoms with E-state index < -0.39 is 0 Å². The summed E-state index contributed by atoms with van der Waals surface area (Å²) in [5, 5.41) is 0. The van der Waals surface area contributed by atoms with Gasteiger partial charge in [0, 0.05) is 39.7 Å². The highest BCUT2D eigenvalue weighted by molar-refractivity contribution is 8.84. The minimum Gasteiger partial charge on any atom is -0.363 e. The molecule has 20 heavy (non-hydrogen) atoms. The molecule has 0 radical (unpaired) electrons. The Morgan fingerprint density at radius 3 is 1.35 bits per heavy atom. The molecule has 0 fully saturated rings. The van der Waals surface area contributed by atoms with E-state index in [-0.39, 0.29) is 0 Å². The second-order valence-corrected chi connectivity index (χ2v) is 10.6. The Kier molecular flexibility index (Phi) is 14.6. The van der Waals surface area contributed by atoms with E-state index in [0.29, 0.717) is 0 Å². The van der Waals surface area contributed by atoms with Crippen LogP contribution in [0.4, 0.5) is 0 Å². The van der Waals surface area contributed by atoms with E-state index in [1.165, 1.54) is 37.2 Å². The highest BCUT2D eigenvalue weighted by atomic mass is 33.1. The summed E-state index contributed by atoms with van der Waals surface area (Å²) >= 11 is 10.4. The van der Waals surface area contributed by atoms with Crippen LogP contribution in [0.3, 0.4) is 0 Å². The summed E-state index contributed by atoms with van der Waals surface area (Å²) in [7, 11) is 15.1. The minimum absolute atomic E-state index is 0.959. The van der Waals surface area contributed by atoms with Gasteiger partial charge in [-0.2, -0.15) is 0 Å². The molecule has 0 aromatic heterocycles. The van der Waals surface area contributed by atoms with Crippen molar-refractivity contribution in [3.05, 3.63) is 0 Å². The van der Waals surface area contributed by atoms with Crippen LogP contribution in [0.25, 0.3) is 0 Å². The molecule has 0 heterocycles. The second-order valence-electron chi connectivity index (χ2n) is 4.55. The van der Waals surface area contributed by atoms with Gasteiger partial charge in [-0.25, -0.2) is 0 Å². The fourth-order valence-electron chi connectivity index (χ4n) is 1.01. The SMILES string of the molecule is CN(C)C(=S)SSCCCCCCSSC(=S)N(C)C. The number of unbranched alkanes of at least 4 members (excludes halogenated alkanes) is 3. The Hall–Kier alpha value is 1.18. The summed E-state index contributed by atoms with van der Waals surface area (Å²) in [4.78, 5) is 3.97. The van der Waals surface area contributed by atoms with Gasteiger partial charge in [-0.05, 0) is 34.4 Å². The molecule has 2 nitrogen and oxygen atoms in total. The van der Waals surface area contributed by atoms with Gasteiger partial charge in [0.25, 0.3) is 0 Å². The normalized spacial score (nSPS) is 10.4. The predicted octanol–water partition coefficient (Wildman–Crippen LogP) is 5.00. The molecule has 0 aliphatic rings. The van der Waals surface area contributed by atoms with Crippen molar-refractivity contribution in [1.82, 2.24) is 9.80 Å². The molecule has 0 aliphatic carbocycles. The second kappa shape index (κ2) is 13.8. The standard InChI is InChI=1S/C12H24N2S6/c1-13(2)11(15)19-17-9-7-5-6-8-10-18-20-12(16)14(3)4/h5-10H2,1-4H3. The molecule has 0 amide bonds. The molecular weight excluding hydrogens is 365 g/mol. The molecule has 0 aliphatic heterocycles. The third-order valence-corrected chi connectivity index (χ3v) is 8.88. The van der Waals surface area contributed by atoms with E-state index >= 15 is 0 Å². The van der Waals surface area contributed by atoms with Crippen LogP contribution in [0.15, 0.2) is 0 Å². The monoisotopic (exact) mass is 388 g/mol. The Bertz CT molecular complexity index is 255. The van der Waals surface area contributed by atoms with Crippen molar-refractivity contribution in [2.75, 3.05) is 39.7 Å². The average molecular weight is 389 g/mol. The summed E-state index contributed by atoms with van der Waals surface area (Å²) in [6, 6.07) is 0. The van der Waals surface area contributed by atoms with Gasteiger partial charge in [0.15, 0.2) is 0 Å². The quantitative estimate of drug-likeness (QED) is 0.305. The van der Waals surface area contributed by atoms with Crippen molar-refractivity contribution in [2.24, 2.45) is 0 Å². The molecule has 0 aromatic rings. The van der Waals surface area contributed by atoms with Crippen LogP contribution in [0.1, 0.15) is 25.7 Å². The molecule has 0 unspecified atom stereocenters. The van der Waals surface area contributed by atoms with Gasteiger partial charge in [-0.3, -0.25) is 0 Å². The maximum Gasteiger partial charge on any atom is 0.146 e. The Balaban J connectivity index is 3.21. The van der Waals surface area contributed by atoms with Crippen molar-refractivity contribution in [3.63, 3.8) is 0 Å². The van der Waals surface area contributed by atoms with Crippen LogP contribution in [0, 0.1) is 0 Å². The van der Waals surface area contributed by atoms with Crippen LogP contribution >= 0.6 is 67.6 Å². The fraction of sp³-hybridized carbons (Fsp3) is 0.833. The largest absolute Gasteiger partial charge is 0.363 e. The van der Waals surface area contributed by atoms with Crippen LogP contribution < -0.4 is 0 Å². The zero-order valence-electron chi connectivity index (χ0n) is 12.6. The van der Waals surface area contributed by atoms with Gasteiger partial charge < -0.3 is 9.80 Å². The topological polar surface area (TPSA) is 6.48 Å². The fourth-order valence-corrected chi connectivity index (χ4v) is 5.89. The molecule has 0 rings (SSSR count). The molecule has 8 heteroatoms. The first-order chi connectivity index (χ1) is 9.45. The summed E-state index contributed by atoms with van der Waals surface area (Å²) in [6.07, 6.45) is 5.18. The minimum atomic E-state index is 0.959. The number of hydrogen-bond donors (Lipinski definition) is 0. The molecule has 0 saturated carbocycles. The van der Waals surface area contributed by atoms with E-state index in [9.17, 15) is 0 Å². The highest BCUT2D eigenvalue weighted by Gasteiger charge is 2.01. The van der Waals surface area contributed by atoms with Gasteiger partial charge in [0.2, 0.25) is 0 Å². The molecule has 0 aromatic carbocycles. The highest BCUT2D eigenvalue weighted by Crippen LogP contribution is 2.27. The van der Waals surface area contributed by atoms with Crippen molar-refractivity contribution >= 4 is 76.3 Å². The Morgan fingerprint density at radius 1 is 0.700 bits per heavy atom. The molecule has 0 atom stereocenters. The van der Waals surface area contributed by atoms with Gasteiger partial charge in [0.05, 0.1) is 0 Å². The van der Waals surface area contributed by atoms with Crippen LogP contribution in [-0.4, -0.2) is 58.1 Å². The average Bonchev–Trinajstić information content (AvgIpc) is 2.39. The first kappa shape index (κ1) is 21.2. The van der Waals surface area contributed by atoms with E-state index in [2.05, 4.69) is 0 Å². The van der Waals surface area contributed by atoms with Gasteiger partial charge >= 0.3 is 0 Å². The Morgan fingerprint density at radius 2 is 1.05 bits per heavy atom. The third-order valence-electron chi connectivity index (χ3n) is 2.20. The number of thiocarbonyl (C=S) groups is 2. The van der Waals surface area contributed by atoms with E-state index in [0.717, 1.165) is 8.64 Å². The summed E-state index contributed by atoms with van der Waals surface area (Å²) in [5.74, 6) is 2.37. The number of hydrogen-bond acceptors (Lipinski definition) is 6. The van der Waals surface area contributed by atoms with Gasteiger partial charge in [-0.15, -0.1) is 0 Å². The first-order valence-corrected chi connectivity index (χ1v) is 11.9. The molecule has 0 N–H and O–H groups in total. The number of rotatable bonds is 9. The van der Waals surface area contributed by atoms with Gasteiger partial charge in [0.1, 0.15) is 8.64 Å². The first-order valence-electron chi connectivity index (χ1n) is 6.46. The van der Waals surface area contributed by atoms with Crippen LogP contribution in [0.5, 0.6) is 0 Å². The van der Waals surface area contributed by atoms with Crippen molar-refractivity contribution < 1.29 is 0 Å². The molecular formula is C12H24N2S6. The molecule has 0 spiro atoms. The molecule has 0 bridgehead atoms. The third kappa shape index (κ3) is 12.9. The van der Waals surface area contributed by atoms with Crippen LogP contribution in [0.2, 0.25) is 0 Å². The maximum atomic E-state index is 5.21. The van der Waals surface area contributed by atoms with E-state index in [1.807, 2.05) is 59.6 Å². The maximum absolute atomic E-state index is 5.21. The summed E-state index contributed by atoms with van der Waals surface area (Å²) < 4.78 is 1.92. The van der Waals surface area contributed by atoms with Crippen molar-refractivity contribution in [1.29, 1.82) is 0 Å². The summed E-state index contributed by atoms with van der Waals surface area (Å²) in [6.45, 7) is 0. The lowest BCUT2D eigenvalue weighted by atomic mass is 10.2. The molecule has 0 saturated heterocycles. The lowest BCUT2D eigenvalue weighted by Gasteiger charge is -2.12. The summed E-state index contributed by atoms with van der Waals surface area (Å²) in [5.41, 5.74) is 0. The zero-order valence-corrected chi connectivity index (χ0v) is 17.5. The van der Waals surface area contributed by atoms with Crippen molar-refractivity contribution in [3.8, 4) is 0 Å². The zero-order chi connectivity index (χ0) is 15.4. The Labute approximate surface area is 150 Å².